The molecule has 2 heterocycles. The number of hydrogen-bond donors (Lipinski definition) is 1. The normalized spacial score (nSPS) is 16.9. The number of primary sulfonamides is 1. The van der Waals surface area contributed by atoms with Gasteiger partial charge in [-0.15, -0.1) is 0 Å². The van der Waals surface area contributed by atoms with Crippen molar-refractivity contribution >= 4 is 38.2 Å². The van der Waals surface area contributed by atoms with Crippen molar-refractivity contribution < 1.29 is 22.3 Å². The lowest BCUT2D eigenvalue weighted by Crippen LogP contribution is -2.53. The topological polar surface area (TPSA) is 106 Å². The summed E-state index contributed by atoms with van der Waals surface area (Å²) < 4.78 is 42.7. The van der Waals surface area contributed by atoms with Crippen LogP contribution in [0.4, 0.5) is 20.0 Å². The van der Waals surface area contributed by atoms with Gasteiger partial charge in [-0.25, -0.2) is 27.7 Å². The van der Waals surface area contributed by atoms with E-state index in [1.807, 2.05) is 6.92 Å². The van der Waals surface area contributed by atoms with Gasteiger partial charge in [-0.05, 0) is 48.7 Å². The third kappa shape index (κ3) is 4.56. The van der Waals surface area contributed by atoms with Crippen LogP contribution in [0, 0.1) is 18.7 Å². The Balaban J connectivity index is 1.64. The SMILES string of the molecule is COc1ccc(F)cc1-c1ccc(N2C[C@@H](C)CN(c3nc(C)c(S(N)(=O)=O)s3)C2=O)cc1. The second-order valence-electron chi connectivity index (χ2n) is 7.91. The molecule has 0 radical (unpaired) electrons. The molecular weight excluding hydrogens is 467 g/mol. The summed E-state index contributed by atoms with van der Waals surface area (Å²) in [6, 6.07) is 11.2. The molecule has 11 heteroatoms. The summed E-state index contributed by atoms with van der Waals surface area (Å²) in [5.74, 6) is 0.277. The summed E-state index contributed by atoms with van der Waals surface area (Å²) in [6.45, 7) is 4.45. The molecule has 174 valence electrons. The summed E-state index contributed by atoms with van der Waals surface area (Å²) in [5, 5.41) is 5.56. The molecule has 33 heavy (non-hydrogen) atoms. The van der Waals surface area contributed by atoms with E-state index in [9.17, 15) is 17.6 Å². The fourth-order valence-electron chi connectivity index (χ4n) is 3.83. The molecule has 2 aromatic carbocycles. The van der Waals surface area contributed by atoms with Gasteiger partial charge in [-0.1, -0.05) is 30.4 Å². The molecule has 1 atom stereocenters. The second-order valence-corrected chi connectivity index (χ2v) is 10.6. The number of carbonyl (C=O) groups is 1. The molecule has 1 saturated heterocycles. The molecule has 0 aliphatic carbocycles. The zero-order chi connectivity index (χ0) is 23.9. The summed E-state index contributed by atoms with van der Waals surface area (Å²) in [5.41, 5.74) is 2.29. The van der Waals surface area contributed by atoms with Crippen molar-refractivity contribution in [3.8, 4) is 16.9 Å². The third-order valence-electron chi connectivity index (χ3n) is 5.33. The van der Waals surface area contributed by atoms with Gasteiger partial charge < -0.3 is 4.74 Å². The number of aromatic nitrogens is 1. The lowest BCUT2D eigenvalue weighted by atomic mass is 10.0. The third-order valence-corrected chi connectivity index (χ3v) is 8.07. The number of benzene rings is 2. The minimum Gasteiger partial charge on any atom is -0.496 e. The van der Waals surface area contributed by atoms with E-state index in [4.69, 9.17) is 9.88 Å². The van der Waals surface area contributed by atoms with Crippen LogP contribution in [0.25, 0.3) is 11.1 Å². The summed E-state index contributed by atoms with van der Waals surface area (Å²) in [4.78, 5) is 20.7. The van der Waals surface area contributed by atoms with Crippen LogP contribution in [-0.2, 0) is 10.0 Å². The lowest BCUT2D eigenvalue weighted by Gasteiger charge is -2.37. The van der Waals surface area contributed by atoms with Gasteiger partial charge in [-0.2, -0.15) is 0 Å². The molecular formula is C22H23FN4O4S2. The van der Waals surface area contributed by atoms with Crippen LogP contribution in [-0.4, -0.2) is 39.6 Å². The van der Waals surface area contributed by atoms with Gasteiger partial charge in [0.05, 0.1) is 12.8 Å². The van der Waals surface area contributed by atoms with Crippen LogP contribution in [0.1, 0.15) is 12.6 Å². The van der Waals surface area contributed by atoms with Crippen molar-refractivity contribution in [2.24, 2.45) is 11.1 Å². The molecule has 1 fully saturated rings. The maximum atomic E-state index is 13.8. The number of rotatable bonds is 5. The van der Waals surface area contributed by atoms with Crippen molar-refractivity contribution in [3.63, 3.8) is 0 Å². The Kier molecular flexibility index (Phi) is 6.12. The zero-order valence-corrected chi connectivity index (χ0v) is 19.9. The van der Waals surface area contributed by atoms with Crippen molar-refractivity contribution in [2.45, 2.75) is 18.1 Å². The van der Waals surface area contributed by atoms with E-state index in [0.717, 1.165) is 16.9 Å². The van der Waals surface area contributed by atoms with E-state index in [1.165, 1.54) is 24.1 Å². The van der Waals surface area contributed by atoms with Gasteiger partial charge in [0.15, 0.2) is 9.34 Å². The minimum absolute atomic E-state index is 0.0523. The lowest BCUT2D eigenvalue weighted by molar-refractivity contribution is 0.245. The van der Waals surface area contributed by atoms with Gasteiger partial charge in [0.2, 0.25) is 10.0 Å². The molecule has 1 aliphatic heterocycles. The summed E-state index contributed by atoms with van der Waals surface area (Å²) in [7, 11) is -2.40. The Bertz CT molecular complexity index is 1310. The first kappa shape index (κ1) is 23.1. The number of hydrogen-bond acceptors (Lipinski definition) is 6. The summed E-state index contributed by atoms with van der Waals surface area (Å²) >= 11 is 0.886. The van der Waals surface area contributed by atoms with Crippen LogP contribution >= 0.6 is 11.3 Å². The van der Waals surface area contributed by atoms with E-state index < -0.39 is 10.0 Å². The number of sulfonamides is 1. The van der Waals surface area contributed by atoms with Gasteiger partial charge in [0.1, 0.15) is 11.6 Å². The molecule has 0 bridgehead atoms. The molecule has 2 amide bonds. The number of aryl methyl sites for hydroxylation is 1. The first-order chi connectivity index (χ1) is 15.6. The first-order valence-electron chi connectivity index (χ1n) is 10.1. The highest BCUT2D eigenvalue weighted by Gasteiger charge is 2.34. The van der Waals surface area contributed by atoms with E-state index in [0.29, 0.717) is 35.2 Å². The van der Waals surface area contributed by atoms with Crippen LogP contribution in [0.15, 0.2) is 46.7 Å². The summed E-state index contributed by atoms with van der Waals surface area (Å²) in [6.07, 6.45) is 0. The van der Waals surface area contributed by atoms with Crippen molar-refractivity contribution in [3.05, 3.63) is 54.0 Å². The Hall–Kier alpha value is -3.02. The van der Waals surface area contributed by atoms with E-state index in [-0.39, 0.29) is 27.7 Å². The Morgan fingerprint density at radius 3 is 2.42 bits per heavy atom. The predicted molar refractivity (Wildman–Crippen MR) is 126 cm³/mol. The minimum atomic E-state index is -3.92. The fraction of sp³-hybridized carbons (Fsp3) is 0.273. The second kappa shape index (κ2) is 8.73. The Morgan fingerprint density at radius 2 is 1.82 bits per heavy atom. The number of nitrogens with two attached hydrogens (primary N) is 1. The van der Waals surface area contributed by atoms with E-state index >= 15 is 0 Å². The Morgan fingerprint density at radius 1 is 1.15 bits per heavy atom. The molecule has 4 rings (SSSR count). The zero-order valence-electron chi connectivity index (χ0n) is 18.3. The predicted octanol–water partition coefficient (Wildman–Crippen LogP) is 4.00. The molecule has 1 aromatic heterocycles. The standard InChI is InChI=1S/C22H23FN4O4S2/c1-13-11-26(22(28)27(12-13)21-25-14(2)20(32-21)33(24,29)30)17-7-4-15(5-8-17)18-10-16(23)6-9-19(18)31-3/h4-10,13H,11-12H2,1-3H3,(H2,24,29,30)/t13-/m1/s1. The van der Waals surface area contributed by atoms with Gasteiger partial charge in [0.25, 0.3) is 0 Å². The van der Waals surface area contributed by atoms with E-state index in [1.54, 1.807) is 42.2 Å². The van der Waals surface area contributed by atoms with Crippen LogP contribution in [0.5, 0.6) is 5.75 Å². The number of thiazole rings is 1. The quantitative estimate of drug-likeness (QED) is 0.582. The average Bonchev–Trinajstić information content (AvgIpc) is 3.17. The molecule has 2 N–H and O–H groups in total. The van der Waals surface area contributed by atoms with Gasteiger partial charge >= 0.3 is 6.03 Å². The van der Waals surface area contributed by atoms with Crippen LogP contribution in [0.3, 0.4) is 0 Å². The molecule has 0 saturated carbocycles. The molecule has 0 spiro atoms. The van der Waals surface area contributed by atoms with Crippen molar-refractivity contribution in [1.29, 1.82) is 0 Å². The molecule has 1 aliphatic rings. The van der Waals surface area contributed by atoms with Crippen LogP contribution in [0.2, 0.25) is 0 Å². The fourth-order valence-corrected chi connectivity index (χ4v) is 5.78. The van der Waals surface area contributed by atoms with Gasteiger partial charge in [0, 0.05) is 24.3 Å². The molecule has 8 nitrogen and oxygen atoms in total. The number of halogens is 1. The smallest absolute Gasteiger partial charge is 0.330 e. The highest BCUT2D eigenvalue weighted by Crippen LogP contribution is 2.35. The number of nitrogens with zero attached hydrogens (tertiary/aromatic N) is 3. The van der Waals surface area contributed by atoms with Crippen molar-refractivity contribution in [2.75, 3.05) is 30.0 Å². The maximum absolute atomic E-state index is 13.8. The number of ether oxygens (including phenoxy) is 1. The molecule has 0 unspecified atom stereocenters. The number of carbonyl (C=O) groups excluding carboxylic acids is 1. The van der Waals surface area contributed by atoms with Crippen LogP contribution < -0.4 is 19.7 Å². The van der Waals surface area contributed by atoms with Crippen molar-refractivity contribution in [1.82, 2.24) is 4.98 Å². The maximum Gasteiger partial charge on any atom is 0.330 e. The number of anilines is 2. The highest BCUT2D eigenvalue weighted by molar-refractivity contribution is 7.91. The van der Waals surface area contributed by atoms with Gasteiger partial charge in [-0.3, -0.25) is 9.80 Å². The highest BCUT2D eigenvalue weighted by atomic mass is 32.2. The number of amides is 2. The first-order valence-corrected chi connectivity index (χ1v) is 12.5. The number of urea groups is 1. The average molecular weight is 491 g/mol. The largest absolute Gasteiger partial charge is 0.496 e. The number of methoxy groups -OCH3 is 1. The monoisotopic (exact) mass is 490 g/mol. The Labute approximate surface area is 195 Å². The molecule has 3 aromatic rings. The van der Waals surface area contributed by atoms with E-state index in [2.05, 4.69) is 4.98 Å².